The molecule has 0 radical (unpaired) electrons. The molecule has 1 saturated carbocycles. The first-order valence-corrected chi connectivity index (χ1v) is 16.6. The first kappa shape index (κ1) is 31.3. The summed E-state index contributed by atoms with van der Waals surface area (Å²) in [5, 5.41) is 3.14. The minimum atomic E-state index is -3.95. The summed E-state index contributed by atoms with van der Waals surface area (Å²) in [5.74, 6) is -0.940. The van der Waals surface area contributed by atoms with Crippen molar-refractivity contribution in [3.05, 3.63) is 89.7 Å². The van der Waals surface area contributed by atoms with Gasteiger partial charge in [-0.15, -0.1) is 0 Å². The largest absolute Gasteiger partial charge is 0.454 e. The maximum atomic E-state index is 15.0. The van der Waals surface area contributed by atoms with E-state index in [1.54, 1.807) is 30.3 Å². The number of fused-ring (bicyclic) bond motifs is 1. The quantitative estimate of drug-likeness (QED) is 0.311. The van der Waals surface area contributed by atoms with Crippen LogP contribution in [-0.4, -0.2) is 56.3 Å². The van der Waals surface area contributed by atoms with E-state index in [-0.39, 0.29) is 48.7 Å². The molecule has 3 aromatic carbocycles. The molecule has 9 nitrogen and oxygen atoms in total. The third-order valence-electron chi connectivity index (χ3n) is 8.14. The van der Waals surface area contributed by atoms with Gasteiger partial charge in [0.25, 0.3) is 0 Å². The number of nitrogens with zero attached hydrogens (tertiary/aromatic N) is 2. The summed E-state index contributed by atoms with van der Waals surface area (Å²) in [6, 6.07) is 19.0. The number of hydrogen-bond donors (Lipinski definition) is 1. The molecule has 5 rings (SSSR count). The van der Waals surface area contributed by atoms with Crippen LogP contribution in [0.4, 0.5) is 10.1 Å². The molecule has 2 aliphatic rings. The van der Waals surface area contributed by atoms with E-state index >= 15 is 4.39 Å². The van der Waals surface area contributed by atoms with Gasteiger partial charge in [0, 0.05) is 30.6 Å². The van der Waals surface area contributed by atoms with Crippen LogP contribution in [-0.2, 0) is 32.6 Å². The van der Waals surface area contributed by atoms with Crippen molar-refractivity contribution < 1.29 is 31.9 Å². The van der Waals surface area contributed by atoms with Gasteiger partial charge in [-0.1, -0.05) is 67.8 Å². The van der Waals surface area contributed by atoms with E-state index in [9.17, 15) is 18.0 Å². The maximum absolute atomic E-state index is 15.0. The Kier molecular flexibility index (Phi) is 10.0. The van der Waals surface area contributed by atoms with E-state index in [0.29, 0.717) is 11.5 Å². The second-order valence-corrected chi connectivity index (χ2v) is 13.3. The van der Waals surface area contributed by atoms with E-state index in [1.165, 1.54) is 24.0 Å². The fraction of sp³-hybridized carbons (Fsp3) is 0.394. The molecule has 1 aliphatic heterocycles. The highest BCUT2D eigenvalue weighted by atomic mass is 32.2. The Morgan fingerprint density at radius 1 is 0.955 bits per heavy atom. The van der Waals surface area contributed by atoms with Crippen LogP contribution in [0.25, 0.3) is 0 Å². The number of carbonyl (C=O) groups excluding carboxylic acids is 2. The number of hydrogen-bond acceptors (Lipinski definition) is 6. The molecule has 0 aromatic heterocycles. The Labute approximate surface area is 258 Å². The van der Waals surface area contributed by atoms with Crippen LogP contribution in [0.1, 0.15) is 50.2 Å². The Hall–Kier alpha value is -4.12. The molecule has 2 amide bonds. The van der Waals surface area contributed by atoms with Gasteiger partial charge < -0.3 is 19.7 Å². The van der Waals surface area contributed by atoms with Crippen LogP contribution in [0.2, 0.25) is 0 Å². The van der Waals surface area contributed by atoms with Crippen LogP contribution in [0, 0.1) is 5.82 Å². The molecule has 0 unspecified atom stereocenters. The molecular formula is C33H38FN3O6S. The minimum Gasteiger partial charge on any atom is -0.454 e. The molecule has 0 bridgehead atoms. The SMILES string of the molecule is CCS(=O)(=O)N(CC(=O)N(Cc1ccccc1F)[C@@H](Cc1ccccc1)C(=O)NC1CCCCC1)c1ccc2c(c1)OCO2. The lowest BCUT2D eigenvalue weighted by Crippen LogP contribution is -2.55. The van der Waals surface area contributed by atoms with Crippen molar-refractivity contribution in [1.82, 2.24) is 10.2 Å². The molecule has 1 heterocycles. The average molecular weight is 624 g/mol. The van der Waals surface area contributed by atoms with E-state index in [0.717, 1.165) is 42.0 Å². The molecule has 1 N–H and O–H groups in total. The highest BCUT2D eigenvalue weighted by Crippen LogP contribution is 2.36. The lowest BCUT2D eigenvalue weighted by molar-refractivity contribution is -0.140. The minimum absolute atomic E-state index is 0.00589. The van der Waals surface area contributed by atoms with E-state index in [4.69, 9.17) is 9.47 Å². The maximum Gasteiger partial charge on any atom is 0.244 e. The number of sulfonamides is 1. The van der Waals surface area contributed by atoms with Crippen LogP contribution < -0.4 is 19.1 Å². The van der Waals surface area contributed by atoms with Crippen LogP contribution in [0.5, 0.6) is 11.5 Å². The molecule has 3 aromatic rings. The van der Waals surface area contributed by atoms with Crippen molar-refractivity contribution in [1.29, 1.82) is 0 Å². The number of halogens is 1. The molecule has 44 heavy (non-hydrogen) atoms. The number of amides is 2. The van der Waals surface area contributed by atoms with E-state index in [1.807, 2.05) is 30.3 Å². The summed E-state index contributed by atoms with van der Waals surface area (Å²) < 4.78 is 53.6. The summed E-state index contributed by atoms with van der Waals surface area (Å²) in [6.45, 7) is 0.688. The van der Waals surface area contributed by atoms with Gasteiger partial charge in [0.1, 0.15) is 18.4 Å². The first-order valence-electron chi connectivity index (χ1n) is 15.0. The van der Waals surface area contributed by atoms with Crippen molar-refractivity contribution in [2.45, 2.75) is 64.1 Å². The lowest BCUT2D eigenvalue weighted by Gasteiger charge is -2.35. The smallest absolute Gasteiger partial charge is 0.244 e. The highest BCUT2D eigenvalue weighted by Gasteiger charge is 2.35. The Morgan fingerprint density at radius 3 is 2.39 bits per heavy atom. The van der Waals surface area contributed by atoms with Crippen molar-refractivity contribution >= 4 is 27.5 Å². The summed E-state index contributed by atoms with van der Waals surface area (Å²) in [5.41, 5.74) is 1.26. The Morgan fingerprint density at radius 2 is 1.66 bits per heavy atom. The number of carbonyl (C=O) groups is 2. The molecule has 11 heteroatoms. The predicted octanol–water partition coefficient (Wildman–Crippen LogP) is 4.80. The lowest BCUT2D eigenvalue weighted by atomic mass is 9.94. The molecule has 1 aliphatic carbocycles. The number of ether oxygens (including phenoxy) is 2. The topological polar surface area (TPSA) is 105 Å². The van der Waals surface area contributed by atoms with Gasteiger partial charge in [0.2, 0.25) is 28.6 Å². The zero-order valence-electron chi connectivity index (χ0n) is 24.8. The number of nitrogens with one attached hydrogen (secondary N) is 1. The predicted molar refractivity (Wildman–Crippen MR) is 165 cm³/mol. The molecular weight excluding hydrogens is 585 g/mol. The highest BCUT2D eigenvalue weighted by molar-refractivity contribution is 7.92. The zero-order chi connectivity index (χ0) is 31.1. The second kappa shape index (κ2) is 14.1. The van der Waals surface area contributed by atoms with Gasteiger partial charge in [0.05, 0.1) is 11.4 Å². The summed E-state index contributed by atoms with van der Waals surface area (Å²) >= 11 is 0. The van der Waals surface area contributed by atoms with Gasteiger partial charge in [0.15, 0.2) is 11.5 Å². The first-order chi connectivity index (χ1) is 21.2. The fourth-order valence-electron chi connectivity index (χ4n) is 5.67. The number of anilines is 1. The summed E-state index contributed by atoms with van der Waals surface area (Å²) in [6.07, 6.45) is 4.98. The van der Waals surface area contributed by atoms with E-state index < -0.39 is 34.3 Å². The monoisotopic (exact) mass is 623 g/mol. The third kappa shape index (κ3) is 7.50. The average Bonchev–Trinajstić information content (AvgIpc) is 3.51. The number of rotatable bonds is 12. The van der Waals surface area contributed by atoms with Crippen molar-refractivity contribution in [2.24, 2.45) is 0 Å². The molecule has 1 fully saturated rings. The number of benzene rings is 3. The molecule has 234 valence electrons. The van der Waals surface area contributed by atoms with Gasteiger partial charge in [-0.2, -0.15) is 0 Å². The normalized spacial score (nSPS) is 15.4. The second-order valence-electron chi connectivity index (χ2n) is 11.1. The van der Waals surface area contributed by atoms with Crippen molar-refractivity contribution in [3.63, 3.8) is 0 Å². The fourth-order valence-corrected chi connectivity index (χ4v) is 6.72. The Balaban J connectivity index is 1.52. The molecule has 1 atom stereocenters. The van der Waals surface area contributed by atoms with E-state index in [2.05, 4.69) is 5.32 Å². The van der Waals surface area contributed by atoms with Crippen LogP contribution >= 0.6 is 0 Å². The van der Waals surface area contributed by atoms with Gasteiger partial charge >= 0.3 is 0 Å². The third-order valence-corrected chi connectivity index (χ3v) is 9.89. The summed E-state index contributed by atoms with van der Waals surface area (Å²) in [4.78, 5) is 29.7. The Bertz CT molecular complexity index is 1560. The van der Waals surface area contributed by atoms with Gasteiger partial charge in [-0.3, -0.25) is 13.9 Å². The molecule has 0 saturated heterocycles. The van der Waals surface area contributed by atoms with Gasteiger partial charge in [-0.05, 0) is 43.5 Å². The molecule has 0 spiro atoms. The van der Waals surface area contributed by atoms with Gasteiger partial charge in [-0.25, -0.2) is 12.8 Å². The standard InChI is InChI=1S/C33H38FN3O6S/c1-2-44(40,41)37(27-17-18-30-31(20-27)43-23-42-30)22-32(38)36(21-25-13-9-10-16-28(25)34)29(19-24-11-5-3-6-12-24)33(39)35-26-14-7-4-8-15-26/h3,5-6,9-13,16-18,20,26,29H,2,4,7-8,14-15,19,21-23H2,1H3,(H,35,39)/t29-/m0/s1. The van der Waals surface area contributed by atoms with Crippen LogP contribution in [0.15, 0.2) is 72.8 Å². The van der Waals surface area contributed by atoms with Crippen molar-refractivity contribution in [3.8, 4) is 11.5 Å². The summed E-state index contributed by atoms with van der Waals surface area (Å²) in [7, 11) is -3.95. The van der Waals surface area contributed by atoms with Crippen molar-refractivity contribution in [2.75, 3.05) is 23.4 Å². The zero-order valence-corrected chi connectivity index (χ0v) is 25.6. The van der Waals surface area contributed by atoms with Crippen LogP contribution in [0.3, 0.4) is 0 Å².